The monoisotopic (exact) mass is 323 g/mol. The molecule has 1 N–H and O–H groups in total. The Morgan fingerprint density at radius 1 is 1.08 bits per heavy atom. The summed E-state index contributed by atoms with van der Waals surface area (Å²) < 4.78 is 19.1. The van der Waals surface area contributed by atoms with Crippen LogP contribution in [-0.4, -0.2) is 15.9 Å². The van der Waals surface area contributed by atoms with Crippen LogP contribution in [0.4, 0.5) is 10.1 Å². The highest BCUT2D eigenvalue weighted by Crippen LogP contribution is 2.20. The zero-order valence-corrected chi connectivity index (χ0v) is 12.6. The number of ether oxygens (including phenoxy) is 1. The van der Waals surface area contributed by atoms with E-state index in [0.717, 1.165) is 0 Å². The summed E-state index contributed by atoms with van der Waals surface area (Å²) in [6.07, 6.45) is 4.57. The smallest absolute Gasteiger partial charge is 0.237 e. The van der Waals surface area contributed by atoms with Gasteiger partial charge in [-0.1, -0.05) is 18.2 Å². The average molecular weight is 323 g/mol. The number of aromatic nitrogens is 2. The van der Waals surface area contributed by atoms with Crippen molar-refractivity contribution in [3.05, 3.63) is 78.5 Å². The van der Waals surface area contributed by atoms with Gasteiger partial charge >= 0.3 is 0 Å². The minimum absolute atomic E-state index is 0.0233. The van der Waals surface area contributed by atoms with Crippen molar-refractivity contribution in [1.29, 1.82) is 0 Å². The molecule has 6 heteroatoms. The van der Waals surface area contributed by atoms with Gasteiger partial charge in [-0.15, -0.1) is 0 Å². The summed E-state index contributed by atoms with van der Waals surface area (Å²) in [6, 6.07) is 13.0. The van der Waals surface area contributed by atoms with Crippen molar-refractivity contribution in [3.8, 4) is 11.6 Å². The molecule has 1 amide bonds. The van der Waals surface area contributed by atoms with E-state index in [2.05, 4.69) is 15.3 Å². The number of hydrogen-bond donors (Lipinski definition) is 1. The first-order valence-corrected chi connectivity index (χ1v) is 7.28. The third kappa shape index (κ3) is 4.13. The molecular formula is C18H14FN3O2. The Morgan fingerprint density at radius 3 is 2.58 bits per heavy atom. The average Bonchev–Trinajstić information content (AvgIpc) is 2.60. The molecule has 120 valence electrons. The van der Waals surface area contributed by atoms with Gasteiger partial charge in [0.05, 0.1) is 12.6 Å². The molecule has 0 aliphatic rings. The molecule has 24 heavy (non-hydrogen) atoms. The van der Waals surface area contributed by atoms with Gasteiger partial charge in [0.15, 0.2) is 0 Å². The van der Waals surface area contributed by atoms with Crippen molar-refractivity contribution in [1.82, 2.24) is 9.97 Å². The van der Waals surface area contributed by atoms with Crippen LogP contribution in [0.5, 0.6) is 11.6 Å². The van der Waals surface area contributed by atoms with Crippen LogP contribution in [0.1, 0.15) is 5.56 Å². The second-order valence-corrected chi connectivity index (χ2v) is 4.99. The first-order chi connectivity index (χ1) is 11.7. The largest absolute Gasteiger partial charge is 0.438 e. The number of carbonyl (C=O) groups excluding carboxylic acids is 1. The lowest BCUT2D eigenvalue weighted by Gasteiger charge is -2.08. The fourth-order valence-corrected chi connectivity index (χ4v) is 2.09. The van der Waals surface area contributed by atoms with Crippen molar-refractivity contribution in [3.63, 3.8) is 0 Å². The van der Waals surface area contributed by atoms with Gasteiger partial charge < -0.3 is 10.1 Å². The van der Waals surface area contributed by atoms with Crippen LogP contribution < -0.4 is 10.1 Å². The predicted molar refractivity (Wildman–Crippen MR) is 87.3 cm³/mol. The number of hydrogen-bond acceptors (Lipinski definition) is 4. The predicted octanol–water partition coefficient (Wildman–Crippen LogP) is 3.59. The van der Waals surface area contributed by atoms with Gasteiger partial charge in [-0.25, -0.2) is 9.37 Å². The Kier molecular flexibility index (Phi) is 4.76. The molecule has 0 fully saturated rings. The van der Waals surface area contributed by atoms with Crippen molar-refractivity contribution >= 4 is 11.6 Å². The molecule has 0 aliphatic heterocycles. The maximum Gasteiger partial charge on any atom is 0.237 e. The molecule has 3 rings (SSSR count). The van der Waals surface area contributed by atoms with Gasteiger partial charge in [0, 0.05) is 18.1 Å². The maximum atomic E-state index is 13.5. The summed E-state index contributed by atoms with van der Waals surface area (Å²) in [5, 5.41) is 2.72. The van der Waals surface area contributed by atoms with Crippen molar-refractivity contribution in [2.75, 3.05) is 5.32 Å². The Hall–Kier alpha value is -3.28. The molecule has 3 aromatic rings. The van der Waals surface area contributed by atoms with E-state index in [1.807, 2.05) is 0 Å². The van der Waals surface area contributed by atoms with E-state index in [-0.39, 0.29) is 18.1 Å². The number of nitrogens with zero attached hydrogens (tertiary/aromatic N) is 2. The summed E-state index contributed by atoms with van der Waals surface area (Å²) >= 11 is 0. The second kappa shape index (κ2) is 7.32. The zero-order chi connectivity index (χ0) is 16.8. The maximum absolute atomic E-state index is 13.5. The van der Waals surface area contributed by atoms with E-state index in [1.165, 1.54) is 18.5 Å². The van der Waals surface area contributed by atoms with Crippen LogP contribution in [0, 0.1) is 5.82 Å². The summed E-state index contributed by atoms with van der Waals surface area (Å²) in [5.41, 5.74) is 0.959. The number of nitrogens with one attached hydrogen (secondary N) is 1. The summed E-state index contributed by atoms with van der Waals surface area (Å²) in [6.45, 7) is 0. The standard InChI is InChI=1S/C18H14FN3O2/c19-16-4-2-1-3-13(16)11-17(23)22-14-5-7-15(8-6-14)24-18-12-20-9-10-21-18/h1-10,12H,11H2,(H,22,23). The molecule has 0 atom stereocenters. The number of benzene rings is 2. The molecule has 5 nitrogen and oxygen atoms in total. The topological polar surface area (TPSA) is 64.1 Å². The molecule has 0 unspecified atom stereocenters. The van der Waals surface area contributed by atoms with Crippen LogP contribution >= 0.6 is 0 Å². The molecule has 1 heterocycles. The highest BCUT2D eigenvalue weighted by Gasteiger charge is 2.08. The minimum atomic E-state index is -0.389. The first kappa shape index (κ1) is 15.6. The number of rotatable bonds is 5. The number of halogens is 1. The van der Waals surface area contributed by atoms with Crippen molar-refractivity contribution in [2.45, 2.75) is 6.42 Å². The first-order valence-electron chi connectivity index (χ1n) is 7.28. The quantitative estimate of drug-likeness (QED) is 0.779. The van der Waals surface area contributed by atoms with Gasteiger partial charge in [-0.05, 0) is 35.9 Å². The molecule has 2 aromatic carbocycles. The summed E-state index contributed by atoms with van der Waals surface area (Å²) in [4.78, 5) is 19.9. The van der Waals surface area contributed by atoms with Gasteiger partial charge in [-0.2, -0.15) is 0 Å². The van der Waals surface area contributed by atoms with Crippen LogP contribution in [0.25, 0.3) is 0 Å². The van der Waals surface area contributed by atoms with E-state index in [9.17, 15) is 9.18 Å². The Bertz CT molecular complexity index is 823. The highest BCUT2D eigenvalue weighted by molar-refractivity contribution is 5.92. The second-order valence-electron chi connectivity index (χ2n) is 4.99. The molecule has 0 bridgehead atoms. The van der Waals surface area contributed by atoms with Crippen LogP contribution in [0.2, 0.25) is 0 Å². The van der Waals surface area contributed by atoms with Crippen molar-refractivity contribution < 1.29 is 13.9 Å². The Balaban J connectivity index is 1.60. The lowest BCUT2D eigenvalue weighted by atomic mass is 10.1. The molecule has 0 radical (unpaired) electrons. The van der Waals surface area contributed by atoms with E-state index in [0.29, 0.717) is 22.9 Å². The molecule has 0 spiro atoms. The van der Waals surface area contributed by atoms with Crippen LogP contribution in [0.3, 0.4) is 0 Å². The number of carbonyl (C=O) groups is 1. The van der Waals surface area contributed by atoms with E-state index in [4.69, 9.17) is 4.74 Å². The lowest BCUT2D eigenvalue weighted by molar-refractivity contribution is -0.115. The molecule has 0 aliphatic carbocycles. The summed E-state index contributed by atoms with van der Waals surface area (Å²) in [7, 11) is 0. The number of anilines is 1. The van der Waals surface area contributed by atoms with Gasteiger partial charge in [0.25, 0.3) is 0 Å². The van der Waals surface area contributed by atoms with Gasteiger partial charge in [0.1, 0.15) is 11.6 Å². The van der Waals surface area contributed by atoms with Crippen molar-refractivity contribution in [2.24, 2.45) is 0 Å². The van der Waals surface area contributed by atoms with E-state index >= 15 is 0 Å². The minimum Gasteiger partial charge on any atom is -0.438 e. The van der Waals surface area contributed by atoms with Crippen LogP contribution in [0.15, 0.2) is 67.1 Å². The van der Waals surface area contributed by atoms with E-state index in [1.54, 1.807) is 48.7 Å². The fourth-order valence-electron chi connectivity index (χ4n) is 2.09. The third-order valence-corrected chi connectivity index (χ3v) is 3.21. The van der Waals surface area contributed by atoms with Crippen LogP contribution in [-0.2, 0) is 11.2 Å². The number of amides is 1. The summed E-state index contributed by atoms with van der Waals surface area (Å²) in [5.74, 6) is 0.277. The molecular weight excluding hydrogens is 309 g/mol. The van der Waals surface area contributed by atoms with E-state index < -0.39 is 0 Å². The Morgan fingerprint density at radius 2 is 1.88 bits per heavy atom. The fraction of sp³-hybridized carbons (Fsp3) is 0.0556. The SMILES string of the molecule is O=C(Cc1ccccc1F)Nc1ccc(Oc2cnccn2)cc1. The molecule has 1 aromatic heterocycles. The lowest BCUT2D eigenvalue weighted by Crippen LogP contribution is -2.15. The Labute approximate surface area is 138 Å². The third-order valence-electron chi connectivity index (χ3n) is 3.21. The van der Waals surface area contributed by atoms with Gasteiger partial charge in [0.2, 0.25) is 11.8 Å². The molecule has 0 saturated carbocycles. The molecule has 0 saturated heterocycles. The zero-order valence-electron chi connectivity index (χ0n) is 12.6. The highest BCUT2D eigenvalue weighted by atomic mass is 19.1. The van der Waals surface area contributed by atoms with Gasteiger partial charge in [-0.3, -0.25) is 9.78 Å². The normalized spacial score (nSPS) is 10.2.